The Morgan fingerprint density at radius 3 is 2.82 bits per heavy atom. The molecule has 0 unspecified atom stereocenters. The molecule has 0 spiro atoms. The molecule has 0 aromatic carbocycles. The van der Waals surface area contributed by atoms with Gasteiger partial charge in [-0.25, -0.2) is 0 Å². The number of carbonyl (C=O) groups excluding carboxylic acids is 1. The van der Waals surface area contributed by atoms with Gasteiger partial charge in [-0.15, -0.1) is 0 Å². The van der Waals surface area contributed by atoms with Crippen LogP contribution in [-0.4, -0.2) is 23.6 Å². The van der Waals surface area contributed by atoms with Gasteiger partial charge in [-0.2, -0.15) is 5.26 Å². The molecule has 11 heavy (non-hydrogen) atoms. The van der Waals surface area contributed by atoms with Crippen molar-refractivity contribution in [3.63, 3.8) is 0 Å². The lowest BCUT2D eigenvalue weighted by Crippen LogP contribution is -2.19. The highest BCUT2D eigenvalue weighted by atomic mass is 32.2. The van der Waals surface area contributed by atoms with E-state index >= 15 is 0 Å². The summed E-state index contributed by atoms with van der Waals surface area (Å²) in [5.74, 6) is 0.532. The Labute approximate surface area is 69.7 Å². The van der Waals surface area contributed by atoms with Gasteiger partial charge in [0.15, 0.2) is 0 Å². The number of amides is 1. The molecule has 1 saturated heterocycles. The summed E-state index contributed by atoms with van der Waals surface area (Å²) in [6.45, 7) is 1.72. The number of allylic oxidation sites excluding steroid dienone is 1. The fourth-order valence-corrected chi connectivity index (χ4v) is 1.86. The van der Waals surface area contributed by atoms with Crippen LogP contribution in [0, 0.1) is 11.3 Å². The van der Waals surface area contributed by atoms with Gasteiger partial charge in [0, 0.05) is 7.05 Å². The van der Waals surface area contributed by atoms with Crippen molar-refractivity contribution < 1.29 is 4.79 Å². The van der Waals surface area contributed by atoms with E-state index in [0.717, 1.165) is 5.03 Å². The Bertz CT molecular complexity index is 264. The quantitative estimate of drug-likeness (QED) is 0.506. The predicted molar refractivity (Wildman–Crippen MR) is 43.5 cm³/mol. The predicted octanol–water partition coefficient (Wildman–Crippen LogP) is 0.947. The van der Waals surface area contributed by atoms with Crippen molar-refractivity contribution in [2.24, 2.45) is 0 Å². The van der Waals surface area contributed by atoms with Gasteiger partial charge in [-0.05, 0) is 6.92 Å². The lowest BCUT2D eigenvalue weighted by molar-refractivity contribution is -0.124. The SMILES string of the molecule is C/C(C#N)=C1\SCC(=O)N1C. The number of hydrogen-bond acceptors (Lipinski definition) is 3. The fourth-order valence-electron chi connectivity index (χ4n) is 0.845. The highest BCUT2D eigenvalue weighted by Gasteiger charge is 2.24. The van der Waals surface area contributed by atoms with E-state index < -0.39 is 0 Å². The van der Waals surface area contributed by atoms with E-state index in [1.54, 1.807) is 14.0 Å². The van der Waals surface area contributed by atoms with Gasteiger partial charge in [-0.3, -0.25) is 4.79 Å². The largest absolute Gasteiger partial charge is 0.308 e. The van der Waals surface area contributed by atoms with E-state index in [9.17, 15) is 4.79 Å². The summed E-state index contributed by atoms with van der Waals surface area (Å²) in [4.78, 5) is 12.5. The van der Waals surface area contributed by atoms with E-state index in [-0.39, 0.29) is 5.91 Å². The van der Waals surface area contributed by atoms with Crippen molar-refractivity contribution in [1.82, 2.24) is 4.90 Å². The average molecular weight is 168 g/mol. The van der Waals surface area contributed by atoms with Crippen LogP contribution in [0.2, 0.25) is 0 Å². The molecule has 0 bridgehead atoms. The molecule has 0 aromatic heterocycles. The maximum Gasteiger partial charge on any atom is 0.237 e. The van der Waals surface area contributed by atoms with E-state index in [1.165, 1.54) is 16.7 Å². The van der Waals surface area contributed by atoms with Crippen LogP contribution in [0.3, 0.4) is 0 Å². The van der Waals surface area contributed by atoms with Crippen molar-refractivity contribution >= 4 is 17.7 Å². The van der Waals surface area contributed by atoms with Crippen LogP contribution in [0.1, 0.15) is 6.92 Å². The molecule has 1 heterocycles. The van der Waals surface area contributed by atoms with Gasteiger partial charge in [-0.1, -0.05) is 11.8 Å². The van der Waals surface area contributed by atoms with E-state index in [1.807, 2.05) is 6.07 Å². The summed E-state index contributed by atoms with van der Waals surface area (Å²) in [5.41, 5.74) is 0.614. The molecule has 0 saturated carbocycles. The molecular weight excluding hydrogens is 160 g/mol. The number of nitriles is 1. The van der Waals surface area contributed by atoms with Crippen molar-refractivity contribution in [3.8, 4) is 6.07 Å². The molecule has 0 N–H and O–H groups in total. The summed E-state index contributed by atoms with van der Waals surface area (Å²) in [7, 11) is 1.69. The van der Waals surface area contributed by atoms with Gasteiger partial charge in [0.1, 0.15) is 0 Å². The van der Waals surface area contributed by atoms with Gasteiger partial charge >= 0.3 is 0 Å². The highest BCUT2D eigenvalue weighted by Crippen LogP contribution is 2.29. The molecule has 0 radical (unpaired) electrons. The normalized spacial score (nSPS) is 21.9. The third-order valence-corrected chi connectivity index (χ3v) is 2.74. The summed E-state index contributed by atoms with van der Waals surface area (Å²) < 4.78 is 0. The standard InChI is InChI=1S/C7H8N2OS/c1-5(3-8)7-9(2)6(10)4-11-7/h4H2,1-2H3/b7-5+. The molecule has 1 aliphatic rings. The molecule has 3 nitrogen and oxygen atoms in total. The summed E-state index contributed by atoms with van der Waals surface area (Å²) >= 11 is 1.42. The van der Waals surface area contributed by atoms with Crippen LogP contribution >= 0.6 is 11.8 Å². The Morgan fingerprint density at radius 1 is 1.82 bits per heavy atom. The number of hydrogen-bond donors (Lipinski definition) is 0. The molecule has 1 aliphatic heterocycles. The zero-order valence-electron chi connectivity index (χ0n) is 6.42. The van der Waals surface area contributed by atoms with Gasteiger partial charge in [0.25, 0.3) is 0 Å². The monoisotopic (exact) mass is 168 g/mol. The van der Waals surface area contributed by atoms with Crippen LogP contribution in [0.25, 0.3) is 0 Å². The van der Waals surface area contributed by atoms with E-state index in [0.29, 0.717) is 11.3 Å². The Kier molecular flexibility index (Phi) is 2.20. The molecule has 0 aromatic rings. The van der Waals surface area contributed by atoms with E-state index in [2.05, 4.69) is 0 Å². The second-order valence-corrected chi connectivity index (χ2v) is 3.25. The minimum atomic E-state index is 0.0691. The highest BCUT2D eigenvalue weighted by molar-refractivity contribution is 8.04. The number of thioether (sulfide) groups is 1. The third kappa shape index (κ3) is 1.38. The molecule has 1 fully saturated rings. The first-order valence-electron chi connectivity index (χ1n) is 3.17. The van der Waals surface area contributed by atoms with Crippen LogP contribution in [-0.2, 0) is 4.79 Å². The first-order chi connectivity index (χ1) is 5.16. The first kappa shape index (κ1) is 8.15. The number of nitrogens with zero attached hydrogens (tertiary/aromatic N) is 2. The lowest BCUT2D eigenvalue weighted by atomic mass is 10.3. The van der Waals surface area contributed by atoms with Crippen molar-refractivity contribution in [1.29, 1.82) is 5.26 Å². The van der Waals surface area contributed by atoms with Crippen LogP contribution in [0.5, 0.6) is 0 Å². The number of carbonyl (C=O) groups is 1. The van der Waals surface area contributed by atoms with Crippen LogP contribution < -0.4 is 0 Å². The molecule has 58 valence electrons. The van der Waals surface area contributed by atoms with Crippen molar-refractivity contribution in [3.05, 3.63) is 10.6 Å². The van der Waals surface area contributed by atoms with Crippen LogP contribution in [0.4, 0.5) is 0 Å². The smallest absolute Gasteiger partial charge is 0.237 e. The minimum absolute atomic E-state index is 0.0691. The topological polar surface area (TPSA) is 44.1 Å². The van der Waals surface area contributed by atoms with Gasteiger partial charge < -0.3 is 4.90 Å². The molecule has 0 atom stereocenters. The lowest BCUT2D eigenvalue weighted by Gasteiger charge is -2.08. The van der Waals surface area contributed by atoms with Gasteiger partial charge in [0.2, 0.25) is 5.91 Å². The average Bonchev–Trinajstić information content (AvgIpc) is 2.32. The third-order valence-electron chi connectivity index (χ3n) is 1.50. The minimum Gasteiger partial charge on any atom is -0.308 e. The van der Waals surface area contributed by atoms with Crippen molar-refractivity contribution in [2.75, 3.05) is 12.8 Å². The molecule has 1 rings (SSSR count). The Morgan fingerprint density at radius 2 is 2.45 bits per heavy atom. The first-order valence-corrected chi connectivity index (χ1v) is 4.15. The number of rotatable bonds is 0. The second kappa shape index (κ2) is 2.97. The summed E-state index contributed by atoms with van der Waals surface area (Å²) in [6, 6.07) is 2.02. The zero-order valence-corrected chi connectivity index (χ0v) is 7.23. The van der Waals surface area contributed by atoms with Crippen molar-refractivity contribution in [2.45, 2.75) is 6.92 Å². The summed E-state index contributed by atoms with van der Waals surface area (Å²) in [5, 5.41) is 9.33. The van der Waals surface area contributed by atoms with E-state index in [4.69, 9.17) is 5.26 Å². The summed E-state index contributed by atoms with van der Waals surface area (Å²) in [6.07, 6.45) is 0. The molecular formula is C7H8N2OS. The second-order valence-electron chi connectivity index (χ2n) is 2.28. The Balaban J connectivity index is 2.95. The maximum absolute atomic E-state index is 11.0. The Hall–Kier alpha value is -0.950. The fraction of sp³-hybridized carbons (Fsp3) is 0.429. The molecule has 0 aliphatic carbocycles. The van der Waals surface area contributed by atoms with Crippen LogP contribution in [0.15, 0.2) is 10.6 Å². The van der Waals surface area contributed by atoms with Gasteiger partial charge in [0.05, 0.1) is 22.4 Å². The molecule has 4 heteroatoms. The molecule has 1 amide bonds. The zero-order chi connectivity index (χ0) is 8.43. The maximum atomic E-state index is 11.0.